The lowest BCUT2D eigenvalue weighted by Gasteiger charge is -2.26. The molecule has 1 aliphatic heterocycles. The standard InChI is InChI=1S/C20H17F2N3O2/c21-15-3-1-14(2-4-15)18-13-19(20(26)24-9-11-27-12-10-24)25(23-18)17-7-5-16(22)6-8-17/h1-8,13H,9-12H2. The van der Waals surface area contributed by atoms with Crippen molar-refractivity contribution in [1.82, 2.24) is 14.7 Å². The third kappa shape index (κ3) is 3.59. The maximum absolute atomic E-state index is 13.3. The molecule has 3 aromatic rings. The van der Waals surface area contributed by atoms with Crippen LogP contribution >= 0.6 is 0 Å². The first kappa shape index (κ1) is 17.4. The minimum Gasteiger partial charge on any atom is -0.378 e. The van der Waals surface area contributed by atoms with Crippen molar-refractivity contribution in [1.29, 1.82) is 0 Å². The summed E-state index contributed by atoms with van der Waals surface area (Å²) < 4.78 is 33.3. The summed E-state index contributed by atoms with van der Waals surface area (Å²) >= 11 is 0. The number of ether oxygens (including phenoxy) is 1. The van der Waals surface area contributed by atoms with Gasteiger partial charge >= 0.3 is 0 Å². The fraction of sp³-hybridized carbons (Fsp3) is 0.200. The van der Waals surface area contributed by atoms with E-state index in [9.17, 15) is 13.6 Å². The molecule has 27 heavy (non-hydrogen) atoms. The zero-order valence-corrected chi connectivity index (χ0v) is 14.4. The monoisotopic (exact) mass is 369 g/mol. The number of nitrogens with zero attached hydrogens (tertiary/aromatic N) is 3. The number of aromatic nitrogens is 2. The van der Waals surface area contributed by atoms with Crippen LogP contribution in [0.25, 0.3) is 16.9 Å². The van der Waals surface area contributed by atoms with Crippen LogP contribution in [0.3, 0.4) is 0 Å². The van der Waals surface area contributed by atoms with Gasteiger partial charge in [-0.3, -0.25) is 4.79 Å². The summed E-state index contributed by atoms with van der Waals surface area (Å²) in [5, 5.41) is 4.52. The summed E-state index contributed by atoms with van der Waals surface area (Å²) in [5.41, 5.74) is 2.16. The first-order valence-corrected chi connectivity index (χ1v) is 8.61. The number of amides is 1. The maximum Gasteiger partial charge on any atom is 0.272 e. The van der Waals surface area contributed by atoms with E-state index in [2.05, 4.69) is 5.10 Å². The van der Waals surface area contributed by atoms with Crippen LogP contribution < -0.4 is 0 Å². The fourth-order valence-electron chi connectivity index (χ4n) is 3.00. The third-order valence-corrected chi connectivity index (χ3v) is 4.44. The zero-order chi connectivity index (χ0) is 18.8. The van der Waals surface area contributed by atoms with Crippen LogP contribution in [-0.4, -0.2) is 46.9 Å². The highest BCUT2D eigenvalue weighted by Crippen LogP contribution is 2.23. The van der Waals surface area contributed by atoms with Gasteiger partial charge in [-0.2, -0.15) is 5.10 Å². The summed E-state index contributed by atoms with van der Waals surface area (Å²) in [4.78, 5) is 14.7. The molecule has 1 fully saturated rings. The molecule has 0 N–H and O–H groups in total. The van der Waals surface area contributed by atoms with Crippen LogP contribution in [0.5, 0.6) is 0 Å². The molecule has 1 aliphatic rings. The van der Waals surface area contributed by atoms with Crippen molar-refractivity contribution in [2.24, 2.45) is 0 Å². The van der Waals surface area contributed by atoms with Crippen LogP contribution in [0.15, 0.2) is 54.6 Å². The van der Waals surface area contributed by atoms with Crippen LogP contribution in [0.4, 0.5) is 8.78 Å². The second-order valence-corrected chi connectivity index (χ2v) is 6.21. The molecule has 0 aliphatic carbocycles. The summed E-state index contributed by atoms with van der Waals surface area (Å²) in [6, 6.07) is 13.3. The van der Waals surface area contributed by atoms with Crippen molar-refractivity contribution < 1.29 is 18.3 Å². The number of hydrogen-bond donors (Lipinski definition) is 0. The van der Waals surface area contributed by atoms with E-state index in [0.717, 1.165) is 0 Å². The Morgan fingerprint density at radius 3 is 2.15 bits per heavy atom. The molecule has 0 saturated carbocycles. The van der Waals surface area contributed by atoms with Crippen LogP contribution in [0.1, 0.15) is 10.5 Å². The Morgan fingerprint density at radius 1 is 0.926 bits per heavy atom. The van der Waals surface area contributed by atoms with Crippen LogP contribution in [0, 0.1) is 11.6 Å². The number of halogens is 2. The molecule has 0 spiro atoms. The molecular formula is C20H17F2N3O2. The number of benzene rings is 2. The van der Waals surface area contributed by atoms with E-state index in [1.54, 1.807) is 35.2 Å². The molecule has 7 heteroatoms. The highest BCUT2D eigenvalue weighted by atomic mass is 19.1. The van der Waals surface area contributed by atoms with Gasteiger partial charge in [0.2, 0.25) is 0 Å². The lowest BCUT2D eigenvalue weighted by Crippen LogP contribution is -2.41. The summed E-state index contributed by atoms with van der Waals surface area (Å²) in [7, 11) is 0. The van der Waals surface area contributed by atoms with E-state index in [4.69, 9.17) is 4.74 Å². The van der Waals surface area contributed by atoms with Gasteiger partial charge in [0.1, 0.15) is 17.3 Å². The minimum atomic E-state index is -0.370. The van der Waals surface area contributed by atoms with E-state index in [-0.39, 0.29) is 17.5 Å². The van der Waals surface area contributed by atoms with E-state index >= 15 is 0 Å². The van der Waals surface area contributed by atoms with Gasteiger partial charge in [-0.25, -0.2) is 13.5 Å². The van der Waals surface area contributed by atoms with Crippen LogP contribution in [-0.2, 0) is 4.74 Å². The lowest BCUT2D eigenvalue weighted by molar-refractivity contribution is 0.0297. The first-order valence-electron chi connectivity index (χ1n) is 8.61. The van der Waals surface area contributed by atoms with E-state index in [1.807, 2.05) is 0 Å². The Bertz CT molecular complexity index is 946. The van der Waals surface area contributed by atoms with Crippen molar-refractivity contribution in [2.75, 3.05) is 26.3 Å². The third-order valence-electron chi connectivity index (χ3n) is 4.44. The Morgan fingerprint density at radius 2 is 1.52 bits per heavy atom. The Labute approximate surface area is 154 Å². The molecule has 4 rings (SSSR count). The highest BCUT2D eigenvalue weighted by Gasteiger charge is 2.24. The number of hydrogen-bond acceptors (Lipinski definition) is 3. The first-order chi connectivity index (χ1) is 13.1. The number of morpholine rings is 1. The normalized spacial score (nSPS) is 14.4. The molecule has 138 valence electrons. The van der Waals surface area contributed by atoms with Gasteiger partial charge in [-0.15, -0.1) is 0 Å². The molecule has 2 aromatic carbocycles. The molecule has 1 aromatic heterocycles. The molecule has 0 atom stereocenters. The van der Waals surface area contributed by atoms with E-state index in [1.165, 1.54) is 28.9 Å². The Hall–Kier alpha value is -3.06. The summed E-state index contributed by atoms with van der Waals surface area (Å²) in [6.45, 7) is 1.97. The van der Waals surface area contributed by atoms with Gasteiger partial charge in [0.05, 0.1) is 24.6 Å². The van der Waals surface area contributed by atoms with Gasteiger partial charge < -0.3 is 9.64 Å². The molecule has 0 unspecified atom stereocenters. The Kier molecular flexibility index (Phi) is 4.68. The molecular weight excluding hydrogens is 352 g/mol. The number of carbonyl (C=O) groups is 1. The van der Waals surface area contributed by atoms with Gasteiger partial charge in [0.15, 0.2) is 0 Å². The largest absolute Gasteiger partial charge is 0.378 e. The van der Waals surface area contributed by atoms with Crippen LogP contribution in [0.2, 0.25) is 0 Å². The average molecular weight is 369 g/mol. The molecule has 0 radical (unpaired) electrons. The second kappa shape index (κ2) is 7.28. The maximum atomic E-state index is 13.3. The fourth-order valence-corrected chi connectivity index (χ4v) is 3.00. The van der Waals surface area contributed by atoms with Crippen molar-refractivity contribution >= 4 is 5.91 Å². The molecule has 1 amide bonds. The minimum absolute atomic E-state index is 0.177. The predicted molar refractivity (Wildman–Crippen MR) is 95.6 cm³/mol. The number of carbonyl (C=O) groups excluding carboxylic acids is 1. The topological polar surface area (TPSA) is 47.4 Å². The predicted octanol–water partition coefficient (Wildman–Crippen LogP) is 3.29. The van der Waals surface area contributed by atoms with E-state index in [0.29, 0.717) is 48.9 Å². The Balaban J connectivity index is 1.78. The SMILES string of the molecule is O=C(c1cc(-c2ccc(F)cc2)nn1-c1ccc(F)cc1)N1CCOCC1. The quantitative estimate of drug-likeness (QED) is 0.712. The van der Waals surface area contributed by atoms with E-state index < -0.39 is 0 Å². The van der Waals surface area contributed by atoms with Gasteiger partial charge in [-0.05, 0) is 54.6 Å². The molecule has 5 nitrogen and oxygen atoms in total. The van der Waals surface area contributed by atoms with Gasteiger partial charge in [-0.1, -0.05) is 0 Å². The molecule has 1 saturated heterocycles. The molecule has 0 bridgehead atoms. The smallest absolute Gasteiger partial charge is 0.272 e. The van der Waals surface area contributed by atoms with Gasteiger partial charge in [0, 0.05) is 18.7 Å². The van der Waals surface area contributed by atoms with Crippen molar-refractivity contribution in [3.8, 4) is 16.9 Å². The number of rotatable bonds is 3. The average Bonchev–Trinajstić information content (AvgIpc) is 3.14. The second-order valence-electron chi connectivity index (χ2n) is 6.21. The highest BCUT2D eigenvalue weighted by molar-refractivity contribution is 5.94. The van der Waals surface area contributed by atoms with Crippen molar-refractivity contribution in [3.05, 3.63) is 71.9 Å². The van der Waals surface area contributed by atoms with Crippen molar-refractivity contribution in [2.45, 2.75) is 0 Å². The summed E-state index contributed by atoms with van der Waals surface area (Å²) in [6.07, 6.45) is 0. The van der Waals surface area contributed by atoms with Crippen molar-refractivity contribution in [3.63, 3.8) is 0 Å². The van der Waals surface area contributed by atoms with Gasteiger partial charge in [0.25, 0.3) is 5.91 Å². The lowest BCUT2D eigenvalue weighted by atomic mass is 10.1. The zero-order valence-electron chi connectivity index (χ0n) is 14.4. The molecule has 2 heterocycles. The summed E-state index contributed by atoms with van der Waals surface area (Å²) in [5.74, 6) is -0.893.